The number of carbonyl (C=O) groups is 1. The fourth-order valence-electron chi connectivity index (χ4n) is 2.37. The van der Waals surface area contributed by atoms with E-state index in [1.807, 2.05) is 0 Å². The molecule has 1 aliphatic carbocycles. The number of anilines is 1. The molecule has 0 amide bonds. The molecular formula is C13H18N2O2. The molecule has 1 unspecified atom stereocenters. The predicted octanol–water partition coefficient (Wildman–Crippen LogP) is 2.77. The summed E-state index contributed by atoms with van der Waals surface area (Å²) in [6, 6.07) is 3.76. The first-order valence-corrected chi connectivity index (χ1v) is 5.92. The van der Waals surface area contributed by atoms with Crippen LogP contribution in [0.3, 0.4) is 0 Å². The smallest absolute Gasteiger partial charge is 0.337 e. The normalized spacial score (nSPS) is 22.4. The van der Waals surface area contributed by atoms with Crippen molar-refractivity contribution in [2.24, 2.45) is 5.41 Å². The van der Waals surface area contributed by atoms with Crippen molar-refractivity contribution in [1.29, 1.82) is 0 Å². The number of hydrogen-bond donors (Lipinski definition) is 2. The maximum atomic E-state index is 10.7. The minimum atomic E-state index is -0.939. The molecule has 1 aromatic heterocycles. The molecule has 2 N–H and O–H groups in total. The van der Waals surface area contributed by atoms with Gasteiger partial charge >= 0.3 is 5.97 Å². The summed E-state index contributed by atoms with van der Waals surface area (Å²) in [5.74, 6) is -0.177. The molecule has 92 valence electrons. The Balaban J connectivity index is 1.98. The van der Waals surface area contributed by atoms with Crippen molar-refractivity contribution in [3.8, 4) is 0 Å². The fourth-order valence-corrected chi connectivity index (χ4v) is 2.37. The van der Waals surface area contributed by atoms with Gasteiger partial charge in [0.05, 0.1) is 5.56 Å². The summed E-state index contributed by atoms with van der Waals surface area (Å²) in [4.78, 5) is 14.8. The molecule has 1 aliphatic rings. The van der Waals surface area contributed by atoms with E-state index < -0.39 is 5.97 Å². The van der Waals surface area contributed by atoms with Crippen LogP contribution in [-0.4, -0.2) is 22.1 Å². The summed E-state index contributed by atoms with van der Waals surface area (Å²) in [5, 5.41) is 12.1. The van der Waals surface area contributed by atoms with E-state index in [2.05, 4.69) is 24.1 Å². The number of hydrogen-bond acceptors (Lipinski definition) is 3. The van der Waals surface area contributed by atoms with Gasteiger partial charge in [-0.2, -0.15) is 0 Å². The van der Waals surface area contributed by atoms with Gasteiger partial charge in [0.15, 0.2) is 0 Å². The highest BCUT2D eigenvalue weighted by molar-refractivity contribution is 5.87. The number of nitrogens with zero attached hydrogens (tertiary/aromatic N) is 1. The summed E-state index contributed by atoms with van der Waals surface area (Å²) in [5.41, 5.74) is 0.626. The Bertz CT molecular complexity index is 412. The zero-order valence-electron chi connectivity index (χ0n) is 10.2. The molecule has 0 aliphatic heterocycles. The molecule has 1 saturated carbocycles. The van der Waals surface area contributed by atoms with Crippen LogP contribution in [0.2, 0.25) is 0 Å². The van der Waals surface area contributed by atoms with Crippen molar-refractivity contribution in [2.45, 2.75) is 39.2 Å². The molecule has 1 heterocycles. The van der Waals surface area contributed by atoms with E-state index in [0.29, 0.717) is 11.5 Å². The van der Waals surface area contributed by atoms with Gasteiger partial charge < -0.3 is 10.4 Å². The van der Waals surface area contributed by atoms with Gasteiger partial charge in [-0.25, -0.2) is 9.78 Å². The van der Waals surface area contributed by atoms with Crippen LogP contribution in [0.15, 0.2) is 18.3 Å². The van der Waals surface area contributed by atoms with Crippen molar-refractivity contribution >= 4 is 11.8 Å². The molecule has 4 nitrogen and oxygen atoms in total. The molecule has 1 aromatic rings. The lowest BCUT2D eigenvalue weighted by Crippen LogP contribution is -2.18. The third-order valence-electron chi connectivity index (χ3n) is 3.33. The van der Waals surface area contributed by atoms with E-state index in [9.17, 15) is 4.79 Å². The van der Waals surface area contributed by atoms with Crippen molar-refractivity contribution in [2.75, 3.05) is 5.32 Å². The zero-order valence-corrected chi connectivity index (χ0v) is 10.2. The highest BCUT2D eigenvalue weighted by Crippen LogP contribution is 2.37. The molecule has 0 bridgehead atoms. The number of carboxylic acids is 1. The van der Waals surface area contributed by atoms with Crippen molar-refractivity contribution in [3.63, 3.8) is 0 Å². The van der Waals surface area contributed by atoms with Gasteiger partial charge in [0, 0.05) is 12.2 Å². The van der Waals surface area contributed by atoms with E-state index >= 15 is 0 Å². The average molecular weight is 234 g/mol. The molecule has 0 radical (unpaired) electrons. The first-order chi connectivity index (χ1) is 7.96. The number of carboxylic acid groups (broad SMARTS) is 1. The Morgan fingerprint density at radius 2 is 2.29 bits per heavy atom. The molecule has 0 aromatic carbocycles. The molecular weight excluding hydrogens is 216 g/mol. The lowest BCUT2D eigenvalue weighted by molar-refractivity contribution is 0.0696. The summed E-state index contributed by atoms with van der Waals surface area (Å²) in [6.45, 7) is 4.55. The van der Waals surface area contributed by atoms with Crippen LogP contribution in [0.1, 0.15) is 43.5 Å². The number of aromatic nitrogens is 1. The van der Waals surface area contributed by atoms with E-state index in [0.717, 1.165) is 18.7 Å². The second-order valence-corrected chi connectivity index (χ2v) is 5.49. The number of rotatable bonds is 3. The van der Waals surface area contributed by atoms with Crippen LogP contribution >= 0.6 is 0 Å². The second kappa shape index (κ2) is 4.35. The van der Waals surface area contributed by atoms with E-state index in [4.69, 9.17) is 5.11 Å². The van der Waals surface area contributed by atoms with Gasteiger partial charge in [0.1, 0.15) is 5.82 Å². The quantitative estimate of drug-likeness (QED) is 0.844. The summed E-state index contributed by atoms with van der Waals surface area (Å²) in [6.07, 6.45) is 4.90. The molecule has 17 heavy (non-hydrogen) atoms. The SMILES string of the molecule is CC1(C)CCC(Nc2ccc(C(=O)O)cn2)C1. The van der Waals surface area contributed by atoms with Crippen LogP contribution in [0.5, 0.6) is 0 Å². The second-order valence-electron chi connectivity index (χ2n) is 5.49. The monoisotopic (exact) mass is 234 g/mol. The molecule has 1 atom stereocenters. The van der Waals surface area contributed by atoms with Gasteiger partial charge in [0.2, 0.25) is 0 Å². The highest BCUT2D eigenvalue weighted by Gasteiger charge is 2.30. The lowest BCUT2D eigenvalue weighted by Gasteiger charge is -2.18. The van der Waals surface area contributed by atoms with Gasteiger partial charge in [0.25, 0.3) is 0 Å². The van der Waals surface area contributed by atoms with Gasteiger partial charge in [-0.3, -0.25) is 0 Å². The maximum Gasteiger partial charge on any atom is 0.337 e. The Labute approximate surface area is 101 Å². The summed E-state index contributed by atoms with van der Waals surface area (Å²) >= 11 is 0. The Kier molecular flexibility index (Phi) is 3.05. The summed E-state index contributed by atoms with van der Waals surface area (Å²) < 4.78 is 0. The minimum Gasteiger partial charge on any atom is -0.478 e. The lowest BCUT2D eigenvalue weighted by atomic mass is 9.92. The fraction of sp³-hybridized carbons (Fsp3) is 0.538. The largest absolute Gasteiger partial charge is 0.478 e. The summed E-state index contributed by atoms with van der Waals surface area (Å²) in [7, 11) is 0. The standard InChI is InChI=1S/C13H18N2O2/c1-13(2)6-5-10(7-13)15-11-4-3-9(8-14-11)12(16)17/h3-4,8,10H,5-7H2,1-2H3,(H,14,15)(H,16,17). The molecule has 1 fully saturated rings. The average Bonchev–Trinajstić information content (AvgIpc) is 2.59. The van der Waals surface area contributed by atoms with Crippen LogP contribution in [0.4, 0.5) is 5.82 Å². The van der Waals surface area contributed by atoms with E-state index in [1.165, 1.54) is 12.6 Å². The molecule has 0 spiro atoms. The Morgan fingerprint density at radius 3 is 2.76 bits per heavy atom. The van der Waals surface area contributed by atoms with Crippen molar-refractivity contribution in [1.82, 2.24) is 4.98 Å². The first kappa shape index (κ1) is 11.9. The maximum absolute atomic E-state index is 10.7. The van der Waals surface area contributed by atoms with Crippen LogP contribution in [0.25, 0.3) is 0 Å². The number of nitrogens with one attached hydrogen (secondary N) is 1. The topological polar surface area (TPSA) is 62.2 Å². The third-order valence-corrected chi connectivity index (χ3v) is 3.33. The first-order valence-electron chi connectivity index (χ1n) is 5.92. The third kappa shape index (κ3) is 2.96. The molecule has 2 rings (SSSR count). The van der Waals surface area contributed by atoms with Crippen LogP contribution in [-0.2, 0) is 0 Å². The zero-order chi connectivity index (χ0) is 12.5. The molecule has 4 heteroatoms. The Morgan fingerprint density at radius 1 is 1.53 bits per heavy atom. The van der Waals surface area contributed by atoms with Gasteiger partial charge in [-0.05, 0) is 36.8 Å². The van der Waals surface area contributed by atoms with Crippen molar-refractivity contribution in [3.05, 3.63) is 23.9 Å². The van der Waals surface area contributed by atoms with Gasteiger partial charge in [-0.1, -0.05) is 13.8 Å². The van der Waals surface area contributed by atoms with Gasteiger partial charge in [-0.15, -0.1) is 0 Å². The minimum absolute atomic E-state index is 0.224. The number of aromatic carboxylic acids is 1. The highest BCUT2D eigenvalue weighted by atomic mass is 16.4. The van der Waals surface area contributed by atoms with Crippen LogP contribution in [0, 0.1) is 5.41 Å². The number of pyridine rings is 1. The van der Waals surface area contributed by atoms with E-state index in [-0.39, 0.29) is 5.56 Å². The molecule has 0 saturated heterocycles. The van der Waals surface area contributed by atoms with E-state index in [1.54, 1.807) is 12.1 Å². The predicted molar refractivity (Wildman–Crippen MR) is 66.2 cm³/mol. The van der Waals surface area contributed by atoms with Crippen LogP contribution < -0.4 is 5.32 Å². The van der Waals surface area contributed by atoms with Crippen molar-refractivity contribution < 1.29 is 9.90 Å². The Hall–Kier alpha value is -1.58.